The van der Waals surface area contributed by atoms with Gasteiger partial charge < -0.3 is 4.90 Å². The summed E-state index contributed by atoms with van der Waals surface area (Å²) in [6, 6.07) is 21.6. The van der Waals surface area contributed by atoms with Crippen LogP contribution in [-0.4, -0.2) is 10.9 Å². The molecule has 0 aliphatic carbocycles. The Morgan fingerprint density at radius 2 is 1.69 bits per heavy atom. The molecular formula is C22H21FN2O. The molecule has 1 aromatic heterocycles. The van der Waals surface area contributed by atoms with Crippen molar-refractivity contribution >= 4 is 11.6 Å². The van der Waals surface area contributed by atoms with Crippen LogP contribution in [0.3, 0.4) is 0 Å². The topological polar surface area (TPSA) is 33.2 Å². The van der Waals surface area contributed by atoms with Gasteiger partial charge in [-0.25, -0.2) is 4.39 Å². The van der Waals surface area contributed by atoms with Crippen LogP contribution in [0.15, 0.2) is 79.0 Å². The summed E-state index contributed by atoms with van der Waals surface area (Å²) in [5.41, 5.74) is 2.58. The molecule has 0 spiro atoms. The van der Waals surface area contributed by atoms with Crippen LogP contribution in [0.25, 0.3) is 0 Å². The van der Waals surface area contributed by atoms with Gasteiger partial charge in [-0.05, 0) is 47.9 Å². The number of benzene rings is 2. The van der Waals surface area contributed by atoms with Crippen molar-refractivity contribution in [2.45, 2.75) is 25.8 Å². The predicted molar refractivity (Wildman–Crippen MR) is 101 cm³/mol. The number of hydrogen-bond donors (Lipinski definition) is 0. The third kappa shape index (κ3) is 4.54. The van der Waals surface area contributed by atoms with E-state index in [-0.39, 0.29) is 17.6 Å². The molecule has 132 valence electrons. The number of anilines is 1. The molecule has 0 saturated heterocycles. The van der Waals surface area contributed by atoms with Crippen LogP contribution in [-0.2, 0) is 11.3 Å². The quantitative estimate of drug-likeness (QED) is 0.632. The summed E-state index contributed by atoms with van der Waals surface area (Å²) >= 11 is 0. The Kier molecular flexibility index (Phi) is 5.74. The minimum atomic E-state index is -0.323. The minimum absolute atomic E-state index is 0.0152. The van der Waals surface area contributed by atoms with Crippen molar-refractivity contribution in [1.82, 2.24) is 4.98 Å². The van der Waals surface area contributed by atoms with Crippen molar-refractivity contribution in [3.8, 4) is 0 Å². The molecule has 0 radical (unpaired) electrons. The Hall–Kier alpha value is -3.01. The van der Waals surface area contributed by atoms with E-state index in [1.807, 2.05) is 55.5 Å². The van der Waals surface area contributed by atoms with E-state index < -0.39 is 0 Å². The van der Waals surface area contributed by atoms with E-state index in [2.05, 4.69) is 4.98 Å². The summed E-state index contributed by atoms with van der Waals surface area (Å²) in [6.45, 7) is 2.39. The standard InChI is InChI=1S/C22H21FN2O/c1-17(18-7-3-2-4-8-18)15-22(26)25(16-20-9-5-6-14-24-20)21-12-10-19(23)11-13-21/h2-14,17H,15-16H2,1H3. The fourth-order valence-corrected chi connectivity index (χ4v) is 2.87. The van der Waals surface area contributed by atoms with E-state index >= 15 is 0 Å². The lowest BCUT2D eigenvalue weighted by molar-refractivity contribution is -0.119. The number of halogens is 1. The molecule has 0 fully saturated rings. The molecule has 1 atom stereocenters. The second-order valence-corrected chi connectivity index (χ2v) is 6.29. The van der Waals surface area contributed by atoms with Crippen molar-refractivity contribution in [2.24, 2.45) is 0 Å². The van der Waals surface area contributed by atoms with Gasteiger partial charge in [0.1, 0.15) is 5.82 Å². The van der Waals surface area contributed by atoms with Gasteiger partial charge in [0.05, 0.1) is 12.2 Å². The van der Waals surface area contributed by atoms with Crippen molar-refractivity contribution in [1.29, 1.82) is 0 Å². The van der Waals surface area contributed by atoms with Crippen molar-refractivity contribution in [3.63, 3.8) is 0 Å². The van der Waals surface area contributed by atoms with E-state index in [9.17, 15) is 9.18 Å². The molecule has 1 unspecified atom stereocenters. The number of aromatic nitrogens is 1. The maximum Gasteiger partial charge on any atom is 0.227 e. The summed E-state index contributed by atoms with van der Waals surface area (Å²) in [7, 11) is 0. The Bertz CT molecular complexity index is 835. The molecule has 3 aromatic rings. The highest BCUT2D eigenvalue weighted by atomic mass is 19.1. The summed E-state index contributed by atoms with van der Waals surface area (Å²) in [5, 5.41) is 0. The molecule has 0 saturated carbocycles. The molecule has 0 N–H and O–H groups in total. The Labute approximate surface area is 153 Å². The first-order chi connectivity index (χ1) is 12.6. The van der Waals surface area contributed by atoms with Crippen LogP contribution in [0, 0.1) is 5.82 Å². The summed E-state index contributed by atoms with van der Waals surface area (Å²) in [5.74, 6) is -0.245. The number of nitrogens with zero attached hydrogens (tertiary/aromatic N) is 2. The van der Waals surface area contributed by atoms with Crippen LogP contribution in [0.2, 0.25) is 0 Å². The van der Waals surface area contributed by atoms with E-state index in [1.54, 1.807) is 23.2 Å². The predicted octanol–water partition coefficient (Wildman–Crippen LogP) is 4.95. The van der Waals surface area contributed by atoms with Crippen LogP contribution in [0.4, 0.5) is 10.1 Å². The molecule has 3 rings (SSSR count). The summed E-state index contributed by atoms with van der Waals surface area (Å²) < 4.78 is 13.3. The first-order valence-electron chi connectivity index (χ1n) is 8.64. The molecule has 3 nitrogen and oxygen atoms in total. The van der Waals surface area contributed by atoms with Gasteiger partial charge in [-0.1, -0.05) is 43.3 Å². The number of carbonyl (C=O) groups excluding carboxylic acids is 1. The fourth-order valence-electron chi connectivity index (χ4n) is 2.87. The lowest BCUT2D eigenvalue weighted by Crippen LogP contribution is -2.31. The average Bonchev–Trinajstić information content (AvgIpc) is 2.68. The molecule has 4 heteroatoms. The van der Waals surface area contributed by atoms with Gasteiger partial charge >= 0.3 is 0 Å². The van der Waals surface area contributed by atoms with Crippen LogP contribution >= 0.6 is 0 Å². The van der Waals surface area contributed by atoms with Crippen LogP contribution < -0.4 is 4.90 Å². The van der Waals surface area contributed by atoms with E-state index in [4.69, 9.17) is 0 Å². The zero-order valence-corrected chi connectivity index (χ0v) is 14.7. The largest absolute Gasteiger partial charge is 0.306 e. The number of pyridine rings is 1. The van der Waals surface area contributed by atoms with Gasteiger partial charge in [-0.3, -0.25) is 9.78 Å². The third-order valence-corrected chi connectivity index (χ3v) is 4.34. The number of hydrogen-bond acceptors (Lipinski definition) is 2. The molecule has 0 bridgehead atoms. The van der Waals surface area contributed by atoms with Gasteiger partial charge in [0, 0.05) is 18.3 Å². The molecule has 1 amide bonds. The Morgan fingerprint density at radius 3 is 2.35 bits per heavy atom. The lowest BCUT2D eigenvalue weighted by Gasteiger charge is -2.24. The number of carbonyl (C=O) groups is 1. The van der Waals surface area contributed by atoms with E-state index in [0.717, 1.165) is 11.3 Å². The highest BCUT2D eigenvalue weighted by Gasteiger charge is 2.20. The molecule has 0 aliphatic rings. The Morgan fingerprint density at radius 1 is 1.00 bits per heavy atom. The van der Waals surface area contributed by atoms with E-state index in [0.29, 0.717) is 18.7 Å². The zero-order valence-electron chi connectivity index (χ0n) is 14.7. The van der Waals surface area contributed by atoms with Gasteiger partial charge in [-0.15, -0.1) is 0 Å². The van der Waals surface area contributed by atoms with Crippen molar-refractivity contribution in [2.75, 3.05) is 4.90 Å². The normalized spacial score (nSPS) is 11.8. The molecular weight excluding hydrogens is 327 g/mol. The van der Waals surface area contributed by atoms with Crippen molar-refractivity contribution in [3.05, 3.63) is 96.1 Å². The monoisotopic (exact) mass is 348 g/mol. The smallest absolute Gasteiger partial charge is 0.227 e. The van der Waals surface area contributed by atoms with Gasteiger partial charge in [0.15, 0.2) is 0 Å². The SMILES string of the molecule is CC(CC(=O)N(Cc1ccccn1)c1ccc(F)cc1)c1ccccc1. The highest BCUT2D eigenvalue weighted by molar-refractivity contribution is 5.93. The lowest BCUT2D eigenvalue weighted by atomic mass is 9.97. The third-order valence-electron chi connectivity index (χ3n) is 4.34. The summed E-state index contributed by atoms with van der Waals surface area (Å²) in [6.07, 6.45) is 2.07. The van der Waals surface area contributed by atoms with Gasteiger partial charge in [0.25, 0.3) is 0 Å². The van der Waals surface area contributed by atoms with Crippen LogP contribution in [0.5, 0.6) is 0 Å². The minimum Gasteiger partial charge on any atom is -0.306 e. The van der Waals surface area contributed by atoms with Crippen molar-refractivity contribution < 1.29 is 9.18 Å². The molecule has 2 aromatic carbocycles. The summed E-state index contributed by atoms with van der Waals surface area (Å²) in [4.78, 5) is 19.0. The molecule has 0 aliphatic heterocycles. The van der Waals surface area contributed by atoms with E-state index in [1.165, 1.54) is 12.1 Å². The Balaban J connectivity index is 1.82. The highest BCUT2D eigenvalue weighted by Crippen LogP contribution is 2.24. The second-order valence-electron chi connectivity index (χ2n) is 6.29. The average molecular weight is 348 g/mol. The maximum atomic E-state index is 13.3. The van der Waals surface area contributed by atoms with Gasteiger partial charge in [-0.2, -0.15) is 0 Å². The first kappa shape index (κ1) is 17.8. The molecule has 26 heavy (non-hydrogen) atoms. The molecule has 1 heterocycles. The maximum absolute atomic E-state index is 13.3. The number of amides is 1. The van der Waals surface area contributed by atoms with Crippen LogP contribution in [0.1, 0.15) is 30.5 Å². The number of rotatable bonds is 6. The zero-order chi connectivity index (χ0) is 18.4. The van der Waals surface area contributed by atoms with Gasteiger partial charge in [0.2, 0.25) is 5.91 Å². The second kappa shape index (κ2) is 8.39. The fraction of sp³-hybridized carbons (Fsp3) is 0.182. The first-order valence-corrected chi connectivity index (χ1v) is 8.64.